The van der Waals surface area contributed by atoms with Crippen LogP contribution in [0.25, 0.3) is 0 Å². The van der Waals surface area contributed by atoms with Crippen molar-refractivity contribution in [1.82, 2.24) is 0 Å². The molecule has 1 aromatic carbocycles. The van der Waals surface area contributed by atoms with Gasteiger partial charge in [0.15, 0.2) is 0 Å². The van der Waals surface area contributed by atoms with E-state index in [0.29, 0.717) is 0 Å². The van der Waals surface area contributed by atoms with Gasteiger partial charge in [-0.1, -0.05) is 32.0 Å². The summed E-state index contributed by atoms with van der Waals surface area (Å²) in [4.78, 5) is 0. The lowest BCUT2D eigenvalue weighted by molar-refractivity contribution is 0.299. The second-order valence-corrected chi connectivity index (χ2v) is 5.95. The molecular formula is C14H23NO2S. The Morgan fingerprint density at radius 2 is 2.06 bits per heavy atom. The molecule has 3 nitrogen and oxygen atoms in total. The van der Waals surface area contributed by atoms with Crippen molar-refractivity contribution in [3.05, 3.63) is 29.8 Å². The van der Waals surface area contributed by atoms with Crippen molar-refractivity contribution >= 4 is 11.8 Å². The summed E-state index contributed by atoms with van der Waals surface area (Å²) in [6.45, 7) is 4.25. The van der Waals surface area contributed by atoms with Crippen molar-refractivity contribution < 1.29 is 9.84 Å². The Bertz CT molecular complexity index is 359. The lowest BCUT2D eigenvalue weighted by Gasteiger charge is -2.26. The van der Waals surface area contributed by atoms with E-state index >= 15 is 0 Å². The highest BCUT2D eigenvalue weighted by Gasteiger charge is 2.24. The van der Waals surface area contributed by atoms with E-state index in [9.17, 15) is 5.11 Å². The van der Waals surface area contributed by atoms with Gasteiger partial charge in [0.25, 0.3) is 0 Å². The van der Waals surface area contributed by atoms with Crippen LogP contribution in [0.3, 0.4) is 0 Å². The third-order valence-corrected chi connectivity index (χ3v) is 4.45. The molecule has 0 radical (unpaired) electrons. The minimum absolute atomic E-state index is 0.0558. The molecule has 0 fully saturated rings. The zero-order chi connectivity index (χ0) is 13.5. The topological polar surface area (TPSA) is 55.5 Å². The molecule has 102 valence electrons. The van der Waals surface area contributed by atoms with Gasteiger partial charge in [-0.3, -0.25) is 0 Å². The van der Waals surface area contributed by atoms with Crippen LogP contribution in [0.15, 0.2) is 24.3 Å². The first-order valence-electron chi connectivity index (χ1n) is 6.28. The van der Waals surface area contributed by atoms with E-state index in [0.717, 1.165) is 17.7 Å². The molecule has 1 aromatic rings. The molecular weight excluding hydrogens is 246 g/mol. The molecule has 0 amide bonds. The summed E-state index contributed by atoms with van der Waals surface area (Å²) >= 11 is 1.70. The fourth-order valence-corrected chi connectivity index (χ4v) is 3.14. The van der Waals surface area contributed by atoms with Crippen molar-refractivity contribution in [3.63, 3.8) is 0 Å². The number of thioether (sulfide) groups is 1. The molecule has 0 saturated carbocycles. The Hall–Kier alpha value is -0.710. The van der Waals surface area contributed by atoms with Gasteiger partial charge in [0.2, 0.25) is 0 Å². The molecule has 0 spiro atoms. The lowest BCUT2D eigenvalue weighted by atomic mass is 10.0. The average Bonchev–Trinajstić information content (AvgIpc) is 2.43. The molecule has 0 saturated heterocycles. The van der Waals surface area contributed by atoms with Crippen LogP contribution in [0.1, 0.15) is 31.1 Å². The zero-order valence-corrected chi connectivity index (χ0v) is 12.1. The molecule has 0 aliphatic carbocycles. The maximum atomic E-state index is 9.22. The summed E-state index contributed by atoms with van der Waals surface area (Å²) in [5.74, 6) is 0.865. The van der Waals surface area contributed by atoms with Gasteiger partial charge in [0, 0.05) is 22.1 Å². The Labute approximate surface area is 114 Å². The van der Waals surface area contributed by atoms with E-state index in [4.69, 9.17) is 10.5 Å². The smallest absolute Gasteiger partial charge is 0.123 e. The van der Waals surface area contributed by atoms with Crippen LogP contribution in [0.2, 0.25) is 0 Å². The molecule has 3 unspecified atom stereocenters. The first-order valence-corrected chi connectivity index (χ1v) is 7.23. The summed E-state index contributed by atoms with van der Waals surface area (Å²) in [7, 11) is 1.67. The number of nitrogens with two attached hydrogens (primary N) is 1. The number of rotatable bonds is 7. The van der Waals surface area contributed by atoms with E-state index in [1.165, 1.54) is 0 Å². The zero-order valence-electron chi connectivity index (χ0n) is 11.3. The molecule has 0 bridgehead atoms. The standard InChI is InChI=1S/C14H23NO2S/c1-4-12(15)14(18-10(2)9-16)11-7-5-6-8-13(11)17-3/h5-8,10,12,14,16H,4,9,15H2,1-3H3. The van der Waals surface area contributed by atoms with E-state index < -0.39 is 0 Å². The van der Waals surface area contributed by atoms with Crippen molar-refractivity contribution in [3.8, 4) is 5.75 Å². The first-order chi connectivity index (χ1) is 8.63. The molecule has 3 atom stereocenters. The van der Waals surface area contributed by atoms with Gasteiger partial charge in [0.05, 0.1) is 13.7 Å². The third kappa shape index (κ3) is 3.90. The van der Waals surface area contributed by atoms with Crippen LogP contribution in [-0.2, 0) is 0 Å². The van der Waals surface area contributed by atoms with Gasteiger partial charge in [-0.05, 0) is 12.5 Å². The number of hydrogen-bond donors (Lipinski definition) is 2. The molecule has 0 aliphatic rings. The maximum absolute atomic E-state index is 9.22. The van der Waals surface area contributed by atoms with Crippen molar-refractivity contribution in [2.75, 3.05) is 13.7 Å². The molecule has 3 N–H and O–H groups in total. The Kier molecular flexibility index (Phi) is 6.54. The predicted octanol–water partition coefficient (Wildman–Crippen LogP) is 2.59. The van der Waals surface area contributed by atoms with Crippen molar-refractivity contribution in [1.29, 1.82) is 0 Å². The first kappa shape index (κ1) is 15.3. The number of aliphatic hydroxyl groups is 1. The normalized spacial score (nSPS) is 16.1. The van der Waals surface area contributed by atoms with Crippen molar-refractivity contribution in [2.45, 2.75) is 36.8 Å². The van der Waals surface area contributed by atoms with Gasteiger partial charge in [-0.25, -0.2) is 0 Å². The highest BCUT2D eigenvalue weighted by molar-refractivity contribution is 8.00. The number of para-hydroxylation sites is 1. The number of ether oxygens (including phenoxy) is 1. The fourth-order valence-electron chi connectivity index (χ4n) is 1.81. The van der Waals surface area contributed by atoms with Gasteiger partial charge >= 0.3 is 0 Å². The largest absolute Gasteiger partial charge is 0.496 e. The summed E-state index contributed by atoms with van der Waals surface area (Å²) in [6.07, 6.45) is 0.897. The quantitative estimate of drug-likeness (QED) is 0.799. The van der Waals surface area contributed by atoms with Gasteiger partial charge < -0.3 is 15.6 Å². The Morgan fingerprint density at radius 3 is 2.61 bits per heavy atom. The minimum Gasteiger partial charge on any atom is -0.496 e. The van der Waals surface area contributed by atoms with Gasteiger partial charge in [-0.2, -0.15) is 0 Å². The fraction of sp³-hybridized carbons (Fsp3) is 0.571. The maximum Gasteiger partial charge on any atom is 0.123 e. The SMILES string of the molecule is CCC(N)C(SC(C)CO)c1ccccc1OC. The van der Waals surface area contributed by atoms with Crippen molar-refractivity contribution in [2.24, 2.45) is 5.73 Å². The summed E-state index contributed by atoms with van der Waals surface area (Å²) in [5.41, 5.74) is 7.33. The van der Waals surface area contributed by atoms with Gasteiger partial charge in [0.1, 0.15) is 5.75 Å². The lowest BCUT2D eigenvalue weighted by Crippen LogP contribution is -2.27. The van der Waals surface area contributed by atoms with Crippen LogP contribution in [0.5, 0.6) is 5.75 Å². The molecule has 18 heavy (non-hydrogen) atoms. The van der Waals surface area contributed by atoms with Crippen LogP contribution >= 0.6 is 11.8 Å². The predicted molar refractivity (Wildman–Crippen MR) is 78.1 cm³/mol. The molecule has 4 heteroatoms. The van der Waals surface area contributed by atoms with Crippen LogP contribution < -0.4 is 10.5 Å². The van der Waals surface area contributed by atoms with Crippen LogP contribution in [-0.4, -0.2) is 30.1 Å². The number of methoxy groups -OCH3 is 1. The molecule has 0 aliphatic heterocycles. The van der Waals surface area contributed by atoms with Gasteiger partial charge in [-0.15, -0.1) is 11.8 Å². The highest BCUT2D eigenvalue weighted by Crippen LogP contribution is 2.39. The van der Waals surface area contributed by atoms with E-state index in [1.807, 2.05) is 25.1 Å². The molecule has 0 aromatic heterocycles. The monoisotopic (exact) mass is 269 g/mol. The minimum atomic E-state index is 0.0558. The second kappa shape index (κ2) is 7.67. The number of benzene rings is 1. The summed E-state index contributed by atoms with van der Waals surface area (Å²) < 4.78 is 5.40. The molecule has 0 heterocycles. The Balaban J connectivity index is 3.01. The molecule has 1 rings (SSSR count). The second-order valence-electron chi connectivity index (χ2n) is 4.36. The number of hydrogen-bond acceptors (Lipinski definition) is 4. The number of aliphatic hydroxyl groups excluding tert-OH is 1. The van der Waals surface area contributed by atoms with E-state index in [1.54, 1.807) is 18.9 Å². The third-order valence-electron chi connectivity index (χ3n) is 2.94. The Morgan fingerprint density at radius 1 is 1.39 bits per heavy atom. The van der Waals surface area contributed by atoms with E-state index in [-0.39, 0.29) is 23.1 Å². The van der Waals surface area contributed by atoms with Crippen LogP contribution in [0, 0.1) is 0 Å². The van der Waals surface area contributed by atoms with E-state index in [2.05, 4.69) is 13.0 Å². The summed E-state index contributed by atoms with van der Waals surface area (Å²) in [5, 5.41) is 9.53. The van der Waals surface area contributed by atoms with Crippen LogP contribution in [0.4, 0.5) is 0 Å². The average molecular weight is 269 g/mol. The summed E-state index contributed by atoms with van der Waals surface area (Å²) in [6, 6.07) is 8.01. The highest BCUT2D eigenvalue weighted by atomic mass is 32.2.